The molecule has 1 aromatic carbocycles. The lowest BCUT2D eigenvalue weighted by Gasteiger charge is -2.09. The summed E-state index contributed by atoms with van der Waals surface area (Å²) in [6.45, 7) is 1.83. The van der Waals surface area contributed by atoms with Crippen LogP contribution >= 0.6 is 22.9 Å². The highest BCUT2D eigenvalue weighted by Gasteiger charge is 2.22. The Labute approximate surface area is 114 Å². The van der Waals surface area contributed by atoms with Gasteiger partial charge in [-0.3, -0.25) is 4.72 Å². The number of nitrogen functional groups attached to an aromatic ring is 1. The van der Waals surface area contributed by atoms with E-state index in [1.54, 1.807) is 12.3 Å². The second-order valence-corrected chi connectivity index (χ2v) is 6.80. The van der Waals surface area contributed by atoms with Gasteiger partial charge in [0, 0.05) is 11.1 Å². The van der Waals surface area contributed by atoms with Gasteiger partial charge in [-0.15, -0.1) is 11.3 Å². The molecule has 0 amide bonds. The summed E-state index contributed by atoms with van der Waals surface area (Å²) in [5.41, 5.74) is 5.75. The van der Waals surface area contributed by atoms with Crippen LogP contribution in [-0.2, 0) is 10.0 Å². The van der Waals surface area contributed by atoms with Gasteiger partial charge in [-0.25, -0.2) is 13.4 Å². The van der Waals surface area contributed by atoms with Crippen LogP contribution in [0.25, 0.3) is 0 Å². The van der Waals surface area contributed by atoms with Crippen LogP contribution < -0.4 is 10.5 Å². The summed E-state index contributed by atoms with van der Waals surface area (Å²) in [6.07, 6.45) is 1.58. The maximum atomic E-state index is 12.1. The first-order valence-electron chi connectivity index (χ1n) is 4.89. The average Bonchev–Trinajstić information content (AvgIpc) is 2.62. The Balaban J connectivity index is 2.43. The quantitative estimate of drug-likeness (QED) is 0.853. The van der Waals surface area contributed by atoms with E-state index in [4.69, 9.17) is 17.3 Å². The third kappa shape index (κ3) is 2.58. The van der Waals surface area contributed by atoms with Gasteiger partial charge in [0.15, 0.2) is 5.13 Å². The number of nitrogens with two attached hydrogens (primary N) is 1. The van der Waals surface area contributed by atoms with Crippen molar-refractivity contribution < 1.29 is 8.42 Å². The predicted octanol–water partition coefficient (Wildman–Crippen LogP) is 2.49. The largest absolute Gasteiger partial charge is 0.398 e. The Morgan fingerprint density at radius 1 is 1.44 bits per heavy atom. The maximum Gasteiger partial charge on any atom is 0.267 e. The number of nitrogens with zero attached hydrogens (tertiary/aromatic N) is 1. The molecule has 3 N–H and O–H groups in total. The monoisotopic (exact) mass is 303 g/mol. The molecule has 8 heteroatoms. The van der Waals surface area contributed by atoms with E-state index in [-0.39, 0.29) is 20.7 Å². The number of rotatable bonds is 3. The second kappa shape index (κ2) is 4.75. The summed E-state index contributed by atoms with van der Waals surface area (Å²) in [5.74, 6) is 0. The van der Waals surface area contributed by atoms with Crippen molar-refractivity contribution in [1.29, 1.82) is 0 Å². The summed E-state index contributed by atoms with van der Waals surface area (Å²) in [6, 6.07) is 4.54. The van der Waals surface area contributed by atoms with Crippen molar-refractivity contribution in [3.8, 4) is 0 Å². The van der Waals surface area contributed by atoms with Gasteiger partial charge in [0.25, 0.3) is 10.0 Å². The zero-order valence-corrected chi connectivity index (χ0v) is 11.7. The van der Waals surface area contributed by atoms with Crippen LogP contribution in [0.3, 0.4) is 0 Å². The molecular weight excluding hydrogens is 294 g/mol. The van der Waals surface area contributed by atoms with Crippen molar-refractivity contribution >= 4 is 43.8 Å². The molecule has 0 atom stereocenters. The first-order valence-corrected chi connectivity index (χ1v) is 7.57. The van der Waals surface area contributed by atoms with E-state index in [9.17, 15) is 8.42 Å². The number of aromatic nitrogens is 1. The SMILES string of the molecule is Cc1cnc(NS(=O)(=O)c2c(N)cccc2Cl)s1. The molecule has 1 heterocycles. The van der Waals surface area contributed by atoms with Gasteiger partial charge in [0.2, 0.25) is 0 Å². The Bertz CT molecular complexity index is 662. The van der Waals surface area contributed by atoms with E-state index in [0.717, 1.165) is 4.88 Å². The first kappa shape index (κ1) is 13.1. The highest BCUT2D eigenvalue weighted by Crippen LogP contribution is 2.29. The Morgan fingerprint density at radius 3 is 2.72 bits per heavy atom. The molecule has 18 heavy (non-hydrogen) atoms. The van der Waals surface area contributed by atoms with Gasteiger partial charge in [-0.2, -0.15) is 0 Å². The van der Waals surface area contributed by atoms with Crippen LogP contribution in [0.15, 0.2) is 29.3 Å². The van der Waals surface area contributed by atoms with Crippen molar-refractivity contribution in [2.24, 2.45) is 0 Å². The lowest BCUT2D eigenvalue weighted by atomic mass is 10.3. The Kier molecular flexibility index (Phi) is 3.47. The number of nitrogens with one attached hydrogen (secondary N) is 1. The molecule has 0 bridgehead atoms. The van der Waals surface area contributed by atoms with Crippen LogP contribution in [0.2, 0.25) is 5.02 Å². The van der Waals surface area contributed by atoms with Crippen molar-refractivity contribution in [3.05, 3.63) is 34.3 Å². The zero-order valence-electron chi connectivity index (χ0n) is 9.34. The summed E-state index contributed by atoms with van der Waals surface area (Å²) in [5, 5.41) is 0.364. The van der Waals surface area contributed by atoms with E-state index < -0.39 is 10.0 Å². The van der Waals surface area contributed by atoms with Gasteiger partial charge in [-0.05, 0) is 19.1 Å². The predicted molar refractivity (Wildman–Crippen MR) is 73.5 cm³/mol. The van der Waals surface area contributed by atoms with Crippen molar-refractivity contribution in [1.82, 2.24) is 4.98 Å². The minimum Gasteiger partial charge on any atom is -0.398 e. The minimum atomic E-state index is -3.82. The molecule has 96 valence electrons. The normalized spacial score (nSPS) is 11.4. The fraction of sp³-hybridized carbons (Fsp3) is 0.100. The number of thiazole rings is 1. The molecule has 0 saturated carbocycles. The number of sulfonamides is 1. The minimum absolute atomic E-state index is 0.0794. The molecule has 0 spiro atoms. The van der Waals surface area contributed by atoms with Gasteiger partial charge >= 0.3 is 0 Å². The van der Waals surface area contributed by atoms with Gasteiger partial charge in [0.05, 0.1) is 10.7 Å². The van der Waals surface area contributed by atoms with E-state index in [1.165, 1.54) is 23.5 Å². The number of halogens is 1. The fourth-order valence-corrected chi connectivity index (χ4v) is 3.96. The van der Waals surface area contributed by atoms with Crippen LogP contribution in [0.5, 0.6) is 0 Å². The van der Waals surface area contributed by atoms with E-state index in [2.05, 4.69) is 9.71 Å². The summed E-state index contributed by atoms with van der Waals surface area (Å²) in [7, 11) is -3.82. The highest BCUT2D eigenvalue weighted by molar-refractivity contribution is 7.93. The third-order valence-corrected chi connectivity index (χ3v) is 4.95. The van der Waals surface area contributed by atoms with Crippen LogP contribution in [0.4, 0.5) is 10.8 Å². The smallest absolute Gasteiger partial charge is 0.267 e. The van der Waals surface area contributed by atoms with Crippen molar-refractivity contribution in [2.45, 2.75) is 11.8 Å². The van der Waals surface area contributed by atoms with E-state index >= 15 is 0 Å². The zero-order chi connectivity index (χ0) is 13.3. The standard InChI is InChI=1S/C10H10ClN3O2S2/c1-6-5-13-10(17-6)14-18(15,16)9-7(11)3-2-4-8(9)12/h2-5H,12H2,1H3,(H,13,14). The van der Waals surface area contributed by atoms with Crippen LogP contribution in [0.1, 0.15) is 4.88 Å². The molecule has 2 rings (SSSR count). The van der Waals surface area contributed by atoms with Crippen LogP contribution in [-0.4, -0.2) is 13.4 Å². The molecule has 5 nitrogen and oxygen atoms in total. The number of benzene rings is 1. The fourth-order valence-electron chi connectivity index (χ4n) is 1.38. The Hall–Kier alpha value is -1.31. The Morgan fingerprint density at radius 2 is 2.17 bits per heavy atom. The molecule has 2 aromatic rings. The number of aryl methyl sites for hydroxylation is 1. The summed E-state index contributed by atoms with van der Waals surface area (Å²) >= 11 is 7.10. The van der Waals surface area contributed by atoms with Crippen LogP contribution in [0, 0.1) is 6.92 Å². The molecule has 0 unspecified atom stereocenters. The first-order chi connectivity index (χ1) is 8.40. The van der Waals surface area contributed by atoms with Crippen molar-refractivity contribution in [2.75, 3.05) is 10.5 Å². The van der Waals surface area contributed by atoms with E-state index in [1.807, 2.05) is 6.92 Å². The maximum absolute atomic E-state index is 12.1. The van der Waals surface area contributed by atoms with E-state index in [0.29, 0.717) is 0 Å². The van der Waals surface area contributed by atoms with Crippen molar-refractivity contribution in [3.63, 3.8) is 0 Å². The lowest BCUT2D eigenvalue weighted by molar-refractivity contribution is 0.601. The molecule has 0 aliphatic carbocycles. The molecule has 0 saturated heterocycles. The molecular formula is C10H10ClN3O2S2. The highest BCUT2D eigenvalue weighted by atomic mass is 35.5. The summed E-state index contributed by atoms with van der Waals surface area (Å²) in [4.78, 5) is 4.71. The number of hydrogen-bond acceptors (Lipinski definition) is 5. The van der Waals surface area contributed by atoms with Gasteiger partial charge < -0.3 is 5.73 Å². The average molecular weight is 304 g/mol. The molecule has 0 radical (unpaired) electrons. The molecule has 0 aliphatic heterocycles. The number of hydrogen-bond donors (Lipinski definition) is 2. The third-order valence-electron chi connectivity index (χ3n) is 2.11. The summed E-state index contributed by atoms with van der Waals surface area (Å²) < 4.78 is 26.6. The second-order valence-electron chi connectivity index (χ2n) is 3.54. The van der Waals surface area contributed by atoms with Gasteiger partial charge in [-0.1, -0.05) is 17.7 Å². The molecule has 1 aromatic heterocycles. The van der Waals surface area contributed by atoms with Gasteiger partial charge in [0.1, 0.15) is 4.90 Å². The number of anilines is 2. The molecule has 0 aliphatic rings. The molecule has 0 fully saturated rings. The topological polar surface area (TPSA) is 85.1 Å². The lowest BCUT2D eigenvalue weighted by Crippen LogP contribution is -2.15.